The number of likely N-dealkylation sites (tertiary alicyclic amines) is 1. The molecule has 1 saturated heterocycles. The SMILES string of the molecule is O=C(C[C@H]1SC(N2CCCC2)=NC1=O)Nc1ccc(Cl)cc1C(=O)c1ccccc1. The van der Waals surface area contributed by atoms with Crippen LogP contribution in [-0.4, -0.2) is 46.0 Å². The summed E-state index contributed by atoms with van der Waals surface area (Å²) in [5.74, 6) is -0.865. The van der Waals surface area contributed by atoms with Crippen molar-refractivity contribution < 1.29 is 14.4 Å². The number of aliphatic imine (C=N–C) groups is 1. The molecule has 0 saturated carbocycles. The number of ketones is 1. The third-order valence-electron chi connectivity index (χ3n) is 5.01. The Kier molecular flexibility index (Phi) is 6.20. The van der Waals surface area contributed by atoms with Crippen LogP contribution >= 0.6 is 23.4 Å². The van der Waals surface area contributed by atoms with Crippen LogP contribution in [0.1, 0.15) is 35.2 Å². The van der Waals surface area contributed by atoms with E-state index in [4.69, 9.17) is 11.6 Å². The lowest BCUT2D eigenvalue weighted by Gasteiger charge is -2.16. The topological polar surface area (TPSA) is 78.8 Å². The Balaban J connectivity index is 1.45. The first-order valence-corrected chi connectivity index (χ1v) is 11.0. The van der Waals surface area contributed by atoms with Gasteiger partial charge in [-0.05, 0) is 31.0 Å². The van der Waals surface area contributed by atoms with Crippen molar-refractivity contribution in [2.75, 3.05) is 18.4 Å². The molecule has 0 aliphatic carbocycles. The van der Waals surface area contributed by atoms with E-state index in [0.29, 0.717) is 27.0 Å². The minimum Gasteiger partial charge on any atom is -0.351 e. The number of thioether (sulfide) groups is 1. The number of nitrogens with zero attached hydrogens (tertiary/aromatic N) is 2. The Morgan fingerprint density at radius 1 is 1.13 bits per heavy atom. The number of amides is 2. The van der Waals surface area contributed by atoms with Gasteiger partial charge in [-0.2, -0.15) is 4.99 Å². The summed E-state index contributed by atoms with van der Waals surface area (Å²) in [6.45, 7) is 1.79. The van der Waals surface area contributed by atoms with Gasteiger partial charge in [-0.1, -0.05) is 53.7 Å². The Hall–Kier alpha value is -2.64. The molecule has 2 aromatic carbocycles. The zero-order chi connectivity index (χ0) is 21.1. The summed E-state index contributed by atoms with van der Waals surface area (Å²) in [6, 6.07) is 13.5. The smallest absolute Gasteiger partial charge is 0.262 e. The summed E-state index contributed by atoms with van der Waals surface area (Å²) in [5, 5.41) is 3.34. The molecule has 2 aliphatic rings. The van der Waals surface area contributed by atoms with E-state index < -0.39 is 5.25 Å². The second-order valence-corrected chi connectivity index (χ2v) is 8.78. The van der Waals surface area contributed by atoms with Gasteiger partial charge in [-0.15, -0.1) is 0 Å². The van der Waals surface area contributed by atoms with Crippen LogP contribution in [0.5, 0.6) is 0 Å². The van der Waals surface area contributed by atoms with Crippen LogP contribution in [0, 0.1) is 0 Å². The van der Waals surface area contributed by atoms with E-state index in [1.807, 2.05) is 6.07 Å². The maximum Gasteiger partial charge on any atom is 0.262 e. The van der Waals surface area contributed by atoms with E-state index in [9.17, 15) is 14.4 Å². The molecule has 0 bridgehead atoms. The molecule has 0 aromatic heterocycles. The van der Waals surface area contributed by atoms with Gasteiger partial charge in [0.25, 0.3) is 5.91 Å². The molecule has 8 heteroatoms. The fourth-order valence-electron chi connectivity index (χ4n) is 3.48. The van der Waals surface area contributed by atoms with Gasteiger partial charge < -0.3 is 10.2 Å². The first kappa shape index (κ1) is 20.6. The van der Waals surface area contributed by atoms with Crippen molar-refractivity contribution in [3.63, 3.8) is 0 Å². The highest BCUT2D eigenvalue weighted by Gasteiger charge is 2.34. The Bertz CT molecular complexity index is 1020. The standard InChI is InChI=1S/C22H20ClN3O3S/c23-15-8-9-17(16(12-15)20(28)14-6-2-1-3-7-14)24-19(27)13-18-21(29)25-22(30-18)26-10-4-5-11-26/h1-3,6-9,12,18H,4-5,10-11,13H2,(H,24,27)/t18-/m1/s1. The van der Waals surface area contributed by atoms with E-state index in [0.717, 1.165) is 25.9 Å². The number of carbonyl (C=O) groups is 3. The number of rotatable bonds is 5. The predicted molar refractivity (Wildman–Crippen MR) is 119 cm³/mol. The van der Waals surface area contributed by atoms with Crippen molar-refractivity contribution in [2.24, 2.45) is 4.99 Å². The van der Waals surface area contributed by atoms with Crippen LogP contribution in [-0.2, 0) is 9.59 Å². The van der Waals surface area contributed by atoms with E-state index in [2.05, 4.69) is 15.2 Å². The summed E-state index contributed by atoms with van der Waals surface area (Å²) in [5.41, 5.74) is 1.18. The molecule has 4 rings (SSSR count). The lowest BCUT2D eigenvalue weighted by molar-refractivity contribution is -0.121. The third kappa shape index (κ3) is 4.57. The molecule has 6 nitrogen and oxygen atoms in total. The minimum atomic E-state index is -0.541. The Morgan fingerprint density at radius 3 is 2.60 bits per heavy atom. The van der Waals surface area contributed by atoms with Crippen molar-refractivity contribution >= 4 is 51.8 Å². The van der Waals surface area contributed by atoms with Crippen molar-refractivity contribution in [1.82, 2.24) is 4.90 Å². The first-order valence-electron chi connectivity index (χ1n) is 9.74. The van der Waals surface area contributed by atoms with Gasteiger partial charge in [-0.25, -0.2) is 0 Å². The normalized spacial score (nSPS) is 18.4. The van der Waals surface area contributed by atoms with Gasteiger partial charge in [0.1, 0.15) is 5.25 Å². The lowest BCUT2D eigenvalue weighted by atomic mass is 10.0. The van der Waals surface area contributed by atoms with Crippen LogP contribution in [0.3, 0.4) is 0 Å². The van der Waals surface area contributed by atoms with Gasteiger partial charge in [0.05, 0.1) is 5.69 Å². The fraction of sp³-hybridized carbons (Fsp3) is 0.273. The highest BCUT2D eigenvalue weighted by Crippen LogP contribution is 2.30. The molecule has 2 amide bonds. The third-order valence-corrected chi connectivity index (χ3v) is 6.46. The Morgan fingerprint density at radius 2 is 1.87 bits per heavy atom. The molecule has 0 spiro atoms. The lowest BCUT2D eigenvalue weighted by Crippen LogP contribution is -2.25. The average molecular weight is 442 g/mol. The number of nitrogens with one attached hydrogen (secondary N) is 1. The highest BCUT2D eigenvalue weighted by molar-refractivity contribution is 8.15. The molecule has 1 atom stereocenters. The van der Waals surface area contributed by atoms with E-state index in [-0.39, 0.29) is 24.0 Å². The largest absolute Gasteiger partial charge is 0.351 e. The van der Waals surface area contributed by atoms with E-state index in [1.165, 1.54) is 17.8 Å². The van der Waals surface area contributed by atoms with Gasteiger partial charge in [-0.3, -0.25) is 14.4 Å². The molecule has 0 unspecified atom stereocenters. The molecular weight excluding hydrogens is 422 g/mol. The van der Waals surface area contributed by atoms with Crippen LogP contribution in [0.25, 0.3) is 0 Å². The summed E-state index contributed by atoms with van der Waals surface area (Å²) >= 11 is 7.43. The second kappa shape index (κ2) is 9.02. The van der Waals surface area contributed by atoms with E-state index >= 15 is 0 Å². The number of amidine groups is 1. The minimum absolute atomic E-state index is 0.00800. The summed E-state index contributed by atoms with van der Waals surface area (Å²) < 4.78 is 0. The molecule has 0 radical (unpaired) electrons. The molecule has 2 aliphatic heterocycles. The maximum absolute atomic E-state index is 12.9. The summed E-state index contributed by atoms with van der Waals surface area (Å²) in [6.07, 6.45) is 2.17. The predicted octanol–water partition coefficient (Wildman–Crippen LogP) is 3.99. The highest BCUT2D eigenvalue weighted by atomic mass is 35.5. The van der Waals surface area contributed by atoms with Crippen LogP contribution in [0.2, 0.25) is 5.02 Å². The number of hydrogen-bond donors (Lipinski definition) is 1. The second-order valence-electron chi connectivity index (χ2n) is 7.17. The zero-order valence-corrected chi connectivity index (χ0v) is 17.7. The van der Waals surface area contributed by atoms with Crippen LogP contribution < -0.4 is 5.32 Å². The monoisotopic (exact) mass is 441 g/mol. The van der Waals surface area contributed by atoms with Crippen molar-refractivity contribution in [1.29, 1.82) is 0 Å². The quantitative estimate of drug-likeness (QED) is 0.709. The average Bonchev–Trinajstić information content (AvgIpc) is 3.40. The van der Waals surface area contributed by atoms with E-state index in [1.54, 1.807) is 36.4 Å². The number of benzene rings is 2. The number of carbonyl (C=O) groups excluding carboxylic acids is 3. The Labute approximate surface area is 183 Å². The van der Waals surface area contributed by atoms with Crippen LogP contribution in [0.15, 0.2) is 53.5 Å². The van der Waals surface area contributed by atoms with Gasteiger partial charge in [0, 0.05) is 35.7 Å². The fourth-order valence-corrected chi connectivity index (χ4v) is 4.77. The summed E-state index contributed by atoms with van der Waals surface area (Å²) in [4.78, 5) is 44.0. The van der Waals surface area contributed by atoms with Crippen molar-refractivity contribution in [3.8, 4) is 0 Å². The van der Waals surface area contributed by atoms with Gasteiger partial charge in [0.15, 0.2) is 11.0 Å². The van der Waals surface area contributed by atoms with Gasteiger partial charge in [0.2, 0.25) is 5.91 Å². The maximum atomic E-state index is 12.9. The zero-order valence-electron chi connectivity index (χ0n) is 16.1. The molecular formula is C22H20ClN3O3S. The molecule has 154 valence electrons. The summed E-state index contributed by atoms with van der Waals surface area (Å²) in [7, 11) is 0. The molecule has 1 fully saturated rings. The number of hydrogen-bond acceptors (Lipinski definition) is 5. The van der Waals surface area contributed by atoms with Crippen molar-refractivity contribution in [3.05, 3.63) is 64.7 Å². The molecule has 30 heavy (non-hydrogen) atoms. The number of halogens is 1. The molecule has 1 N–H and O–H groups in total. The van der Waals surface area contributed by atoms with Gasteiger partial charge >= 0.3 is 0 Å². The first-order chi connectivity index (χ1) is 14.5. The molecule has 2 heterocycles. The van der Waals surface area contributed by atoms with Crippen LogP contribution in [0.4, 0.5) is 5.69 Å². The number of anilines is 1. The molecule has 2 aromatic rings. The van der Waals surface area contributed by atoms with Crippen molar-refractivity contribution in [2.45, 2.75) is 24.5 Å².